The molecule has 2 aromatic rings. The minimum atomic E-state index is 0. The topological polar surface area (TPSA) is 74.8 Å². The van der Waals surface area contributed by atoms with Gasteiger partial charge in [0.1, 0.15) is 0 Å². The molecule has 0 atom stereocenters. The van der Waals surface area contributed by atoms with E-state index in [0.29, 0.717) is 0 Å². The maximum Gasteiger partial charge on any atom is 0.208 e. The van der Waals surface area contributed by atoms with Crippen LogP contribution in [0.2, 0.25) is 0 Å². The average molecular weight is 234 g/mol. The molecule has 0 aliphatic carbocycles. The fourth-order valence-electron chi connectivity index (χ4n) is 1.20. The van der Waals surface area contributed by atoms with E-state index in [-0.39, 0.29) is 17.9 Å². The zero-order valence-corrected chi connectivity index (χ0v) is 9.23. The van der Waals surface area contributed by atoms with Gasteiger partial charge in [-0.2, -0.15) is 5.10 Å². The zero-order chi connectivity index (χ0) is 8.55. The summed E-state index contributed by atoms with van der Waals surface area (Å²) in [5, 5.41) is 3.69. The molecule has 0 fully saturated rings. The van der Waals surface area contributed by atoms with Gasteiger partial charge in [0, 0.05) is 7.05 Å². The van der Waals surface area contributed by atoms with Crippen LogP contribution in [0.3, 0.4) is 0 Å². The maximum atomic E-state index is 5.23. The lowest BCUT2D eigenvalue weighted by Crippen LogP contribution is -2.11. The fraction of sp³-hybridized carbons (Fsp3) is 0.125. The van der Waals surface area contributed by atoms with Crippen molar-refractivity contribution < 1.29 is 5.48 Å². The van der Waals surface area contributed by atoms with Crippen LogP contribution >= 0.6 is 23.7 Å². The largest absolute Gasteiger partial charge is 0.412 e. The molecule has 14 heavy (non-hydrogen) atoms. The van der Waals surface area contributed by atoms with Crippen molar-refractivity contribution in [2.75, 3.05) is 0 Å². The molecule has 1 aromatic carbocycles. The lowest BCUT2D eigenvalue weighted by molar-refractivity contribution is 0.824. The number of hydrogen-bond donors (Lipinski definition) is 1. The van der Waals surface area contributed by atoms with E-state index in [0.717, 1.165) is 4.80 Å². The van der Waals surface area contributed by atoms with Crippen LogP contribution in [0.4, 0.5) is 0 Å². The van der Waals surface area contributed by atoms with E-state index in [1.165, 1.54) is 10.2 Å². The first-order valence-corrected chi connectivity index (χ1v) is 4.43. The number of fused-ring (bicyclic) bond motifs is 1. The van der Waals surface area contributed by atoms with Gasteiger partial charge in [-0.3, -0.25) is 0 Å². The Hall–Kier alpha value is -1.04. The lowest BCUT2D eigenvalue weighted by Gasteiger charge is -1.91. The maximum absolute atomic E-state index is 5.23. The highest BCUT2D eigenvalue weighted by Gasteiger charge is 1.99. The highest BCUT2D eigenvalue weighted by Crippen LogP contribution is 2.14. The Kier molecular flexibility index (Phi) is 4.62. The number of thiazole rings is 1. The third-order valence-electron chi connectivity index (χ3n) is 1.83. The number of rotatable bonds is 0. The van der Waals surface area contributed by atoms with E-state index in [2.05, 4.69) is 17.2 Å². The predicted octanol–water partition coefficient (Wildman–Crippen LogP) is 0.611. The van der Waals surface area contributed by atoms with Gasteiger partial charge in [-0.05, 0) is 12.1 Å². The van der Waals surface area contributed by atoms with Gasteiger partial charge in [0.05, 0.1) is 10.2 Å². The molecule has 78 valence electrons. The summed E-state index contributed by atoms with van der Waals surface area (Å²) < 4.78 is 3.20. The standard InChI is InChI=1S/C8H9N3S.ClH.H2O/c1-11-6-4-2-3-5-7(6)12-8(11)10-9;;/h2-5H,9H2,1H3;1H;1H2/b10-8-;;. The summed E-state index contributed by atoms with van der Waals surface area (Å²) in [4.78, 5) is 0.844. The van der Waals surface area contributed by atoms with Crippen LogP contribution in [-0.2, 0) is 7.05 Å². The minimum absolute atomic E-state index is 0. The van der Waals surface area contributed by atoms with Crippen molar-refractivity contribution in [1.82, 2.24) is 4.57 Å². The second-order valence-corrected chi connectivity index (χ2v) is 3.55. The molecule has 0 unspecified atom stereocenters. The van der Waals surface area contributed by atoms with Crippen LogP contribution < -0.4 is 10.6 Å². The Morgan fingerprint density at radius 3 is 2.57 bits per heavy atom. The number of nitrogens with two attached hydrogens (primary N) is 1. The third-order valence-corrected chi connectivity index (χ3v) is 2.95. The molecule has 4 N–H and O–H groups in total. The smallest absolute Gasteiger partial charge is 0.208 e. The molecular weight excluding hydrogens is 222 g/mol. The van der Waals surface area contributed by atoms with Crippen molar-refractivity contribution in [2.45, 2.75) is 0 Å². The average Bonchev–Trinajstić information content (AvgIpc) is 2.44. The number of benzene rings is 1. The van der Waals surface area contributed by atoms with E-state index in [1.807, 2.05) is 23.7 Å². The number of hydrogen-bond acceptors (Lipinski definition) is 3. The Morgan fingerprint density at radius 1 is 1.36 bits per heavy atom. The summed E-state index contributed by atoms with van der Waals surface area (Å²) in [6, 6.07) is 8.14. The molecule has 0 radical (unpaired) electrons. The monoisotopic (exact) mass is 233 g/mol. The summed E-state index contributed by atoms with van der Waals surface area (Å²) in [6.07, 6.45) is 0. The number of halogens is 1. The summed E-state index contributed by atoms with van der Waals surface area (Å²) in [5.74, 6) is 5.23. The molecule has 0 aliphatic rings. The second kappa shape index (κ2) is 4.99. The first-order chi connectivity index (χ1) is 5.83. The quantitative estimate of drug-likeness (QED) is 0.526. The molecular formula is C8H12ClN3OS. The highest BCUT2D eigenvalue weighted by atomic mass is 35.5. The van der Waals surface area contributed by atoms with Gasteiger partial charge in [0.2, 0.25) is 4.80 Å². The van der Waals surface area contributed by atoms with E-state index >= 15 is 0 Å². The van der Waals surface area contributed by atoms with Gasteiger partial charge in [0.15, 0.2) is 0 Å². The van der Waals surface area contributed by atoms with Crippen LogP contribution in [0.1, 0.15) is 0 Å². The van der Waals surface area contributed by atoms with Crippen LogP contribution in [0.25, 0.3) is 10.2 Å². The van der Waals surface area contributed by atoms with Gasteiger partial charge < -0.3 is 15.9 Å². The molecule has 6 heteroatoms. The van der Waals surface area contributed by atoms with E-state index in [1.54, 1.807) is 11.3 Å². The normalized spacial score (nSPS) is 10.8. The first kappa shape index (κ1) is 13.0. The van der Waals surface area contributed by atoms with Crippen LogP contribution in [-0.4, -0.2) is 10.0 Å². The summed E-state index contributed by atoms with van der Waals surface area (Å²) in [6.45, 7) is 0. The second-order valence-electron chi connectivity index (χ2n) is 2.54. The van der Waals surface area contributed by atoms with E-state index in [9.17, 15) is 0 Å². The molecule has 2 rings (SSSR count). The Balaban J connectivity index is 0.000000845. The van der Waals surface area contributed by atoms with Gasteiger partial charge in [0.25, 0.3) is 0 Å². The molecule has 0 saturated carbocycles. The number of aromatic nitrogens is 1. The number of nitrogens with zero attached hydrogens (tertiary/aromatic N) is 2. The molecule has 1 aromatic heterocycles. The Bertz CT molecular complexity index is 477. The third kappa shape index (κ3) is 1.89. The Labute approximate surface area is 91.4 Å². The van der Waals surface area contributed by atoms with Gasteiger partial charge in [-0.1, -0.05) is 23.5 Å². The van der Waals surface area contributed by atoms with Crippen molar-refractivity contribution in [3.8, 4) is 0 Å². The minimum Gasteiger partial charge on any atom is -0.412 e. The molecule has 0 aliphatic heterocycles. The van der Waals surface area contributed by atoms with Gasteiger partial charge in [-0.15, -0.1) is 12.4 Å². The van der Waals surface area contributed by atoms with Crippen molar-refractivity contribution in [3.63, 3.8) is 0 Å². The molecule has 1 heterocycles. The molecule has 0 amide bonds. The lowest BCUT2D eigenvalue weighted by atomic mass is 10.3. The molecule has 0 bridgehead atoms. The number of para-hydroxylation sites is 1. The van der Waals surface area contributed by atoms with E-state index < -0.39 is 0 Å². The van der Waals surface area contributed by atoms with Gasteiger partial charge >= 0.3 is 0 Å². The van der Waals surface area contributed by atoms with Gasteiger partial charge in [-0.25, -0.2) is 0 Å². The van der Waals surface area contributed by atoms with Crippen LogP contribution in [0.5, 0.6) is 0 Å². The highest BCUT2D eigenvalue weighted by molar-refractivity contribution is 7.16. The molecule has 4 nitrogen and oxygen atoms in total. The zero-order valence-electron chi connectivity index (χ0n) is 7.60. The summed E-state index contributed by atoms with van der Waals surface area (Å²) >= 11 is 1.60. The van der Waals surface area contributed by atoms with Crippen LogP contribution in [0.15, 0.2) is 29.4 Å². The summed E-state index contributed by atoms with van der Waals surface area (Å²) in [5.41, 5.74) is 1.17. The molecule has 0 spiro atoms. The fourth-order valence-corrected chi connectivity index (χ4v) is 2.14. The SMILES string of the molecule is Cl.Cn1/c(=N/N)sc2ccccc21.O. The van der Waals surface area contributed by atoms with E-state index in [4.69, 9.17) is 5.84 Å². The van der Waals surface area contributed by atoms with Crippen molar-refractivity contribution in [2.24, 2.45) is 18.0 Å². The Morgan fingerprint density at radius 2 is 2.00 bits per heavy atom. The van der Waals surface area contributed by atoms with Crippen molar-refractivity contribution in [3.05, 3.63) is 29.1 Å². The predicted molar refractivity (Wildman–Crippen MR) is 61.4 cm³/mol. The van der Waals surface area contributed by atoms with Crippen LogP contribution in [0, 0.1) is 0 Å². The van der Waals surface area contributed by atoms with Crippen molar-refractivity contribution in [1.29, 1.82) is 0 Å². The first-order valence-electron chi connectivity index (χ1n) is 3.61. The molecule has 0 saturated heterocycles. The van der Waals surface area contributed by atoms with Crippen molar-refractivity contribution >= 4 is 34.0 Å². The summed E-state index contributed by atoms with van der Waals surface area (Å²) in [7, 11) is 1.96. The number of aryl methyl sites for hydroxylation is 1.